The van der Waals surface area contributed by atoms with Crippen LogP contribution in [0.25, 0.3) is 0 Å². The van der Waals surface area contributed by atoms with Gasteiger partial charge in [0.2, 0.25) is 11.8 Å². The summed E-state index contributed by atoms with van der Waals surface area (Å²) in [5.74, 6) is 1.79. The highest BCUT2D eigenvalue weighted by Crippen LogP contribution is 2.18. The van der Waals surface area contributed by atoms with Crippen LogP contribution in [0, 0.1) is 5.92 Å². The van der Waals surface area contributed by atoms with Crippen LogP contribution >= 0.6 is 11.6 Å². The Hall–Kier alpha value is -0.570. The van der Waals surface area contributed by atoms with E-state index in [1.807, 2.05) is 6.92 Å². The average molecular weight is 203 g/mol. The Morgan fingerprint density at radius 2 is 2.08 bits per heavy atom. The summed E-state index contributed by atoms with van der Waals surface area (Å²) in [6.07, 6.45) is 1.96. The Morgan fingerprint density at radius 3 is 2.54 bits per heavy atom. The van der Waals surface area contributed by atoms with E-state index in [9.17, 15) is 0 Å². The fraction of sp³-hybridized carbons (Fsp3) is 0.778. The van der Waals surface area contributed by atoms with Crippen molar-refractivity contribution >= 4 is 11.6 Å². The predicted octanol–water partition coefficient (Wildman–Crippen LogP) is 2.96. The fourth-order valence-electron chi connectivity index (χ4n) is 0.952. The first-order valence-corrected chi connectivity index (χ1v) is 5.03. The van der Waals surface area contributed by atoms with Crippen LogP contribution in [0.1, 0.15) is 44.4 Å². The largest absolute Gasteiger partial charge is 0.424 e. The Balaban J connectivity index is 2.58. The van der Waals surface area contributed by atoms with Crippen molar-refractivity contribution in [2.75, 3.05) is 0 Å². The summed E-state index contributed by atoms with van der Waals surface area (Å²) >= 11 is 5.79. The minimum atomic E-state index is -0.196. The van der Waals surface area contributed by atoms with Crippen LogP contribution in [-0.4, -0.2) is 10.2 Å². The molecule has 2 unspecified atom stereocenters. The van der Waals surface area contributed by atoms with Gasteiger partial charge in [0.05, 0.1) is 0 Å². The molecule has 0 radical (unpaired) electrons. The smallest absolute Gasteiger partial charge is 0.234 e. The Bertz CT molecular complexity index is 260. The molecule has 0 amide bonds. The standard InChI is InChI=1S/C9H15ClN2O/c1-4-6(2)5-8-11-12-9(13-8)7(3)10/h6-7H,4-5H2,1-3H3. The Labute approximate surface area is 83.5 Å². The van der Waals surface area contributed by atoms with E-state index in [0.717, 1.165) is 12.8 Å². The van der Waals surface area contributed by atoms with Crippen molar-refractivity contribution in [3.05, 3.63) is 11.8 Å². The van der Waals surface area contributed by atoms with Crippen LogP contribution in [0.3, 0.4) is 0 Å². The molecule has 1 rings (SSSR count). The molecule has 74 valence electrons. The van der Waals surface area contributed by atoms with Crippen molar-refractivity contribution in [1.29, 1.82) is 0 Å². The molecular weight excluding hydrogens is 188 g/mol. The van der Waals surface area contributed by atoms with Crippen LogP contribution in [0.2, 0.25) is 0 Å². The maximum Gasteiger partial charge on any atom is 0.234 e. The van der Waals surface area contributed by atoms with Crippen LogP contribution in [-0.2, 0) is 6.42 Å². The molecule has 1 aromatic heterocycles. The second kappa shape index (κ2) is 4.61. The van der Waals surface area contributed by atoms with E-state index in [0.29, 0.717) is 17.7 Å². The summed E-state index contributed by atoms with van der Waals surface area (Å²) in [5, 5.41) is 7.58. The lowest BCUT2D eigenvalue weighted by atomic mass is 10.1. The van der Waals surface area contributed by atoms with Gasteiger partial charge in [0.1, 0.15) is 5.38 Å². The molecule has 0 spiro atoms. The third kappa shape index (κ3) is 2.99. The van der Waals surface area contributed by atoms with Gasteiger partial charge in [-0.1, -0.05) is 20.3 Å². The summed E-state index contributed by atoms with van der Waals surface area (Å²) in [6, 6.07) is 0. The van der Waals surface area contributed by atoms with Gasteiger partial charge in [-0.2, -0.15) is 0 Å². The van der Waals surface area contributed by atoms with Crippen molar-refractivity contribution < 1.29 is 4.42 Å². The van der Waals surface area contributed by atoms with E-state index in [1.54, 1.807) is 0 Å². The second-order valence-corrected chi connectivity index (χ2v) is 4.02. The topological polar surface area (TPSA) is 38.9 Å². The molecule has 0 aliphatic carbocycles. The molecule has 0 aliphatic rings. The predicted molar refractivity (Wildman–Crippen MR) is 51.7 cm³/mol. The quantitative estimate of drug-likeness (QED) is 0.705. The fourth-order valence-corrected chi connectivity index (χ4v) is 1.04. The minimum Gasteiger partial charge on any atom is -0.424 e. The highest BCUT2D eigenvalue weighted by atomic mass is 35.5. The van der Waals surface area contributed by atoms with E-state index in [4.69, 9.17) is 16.0 Å². The van der Waals surface area contributed by atoms with Gasteiger partial charge < -0.3 is 4.42 Å². The molecule has 0 saturated heterocycles. The van der Waals surface area contributed by atoms with Gasteiger partial charge in [0.15, 0.2) is 0 Å². The second-order valence-electron chi connectivity index (χ2n) is 3.37. The number of rotatable bonds is 4. The Kier molecular flexibility index (Phi) is 3.72. The highest BCUT2D eigenvalue weighted by molar-refractivity contribution is 6.20. The van der Waals surface area contributed by atoms with Gasteiger partial charge in [0.25, 0.3) is 0 Å². The zero-order valence-corrected chi connectivity index (χ0v) is 9.01. The third-order valence-electron chi connectivity index (χ3n) is 2.04. The molecule has 1 aromatic rings. The molecule has 0 aliphatic heterocycles. The van der Waals surface area contributed by atoms with Gasteiger partial charge >= 0.3 is 0 Å². The van der Waals surface area contributed by atoms with Crippen LogP contribution in [0.5, 0.6) is 0 Å². The van der Waals surface area contributed by atoms with Gasteiger partial charge in [-0.3, -0.25) is 0 Å². The number of halogens is 1. The van der Waals surface area contributed by atoms with Crippen molar-refractivity contribution in [1.82, 2.24) is 10.2 Å². The van der Waals surface area contributed by atoms with Crippen molar-refractivity contribution in [2.24, 2.45) is 5.92 Å². The first-order chi connectivity index (χ1) is 6.13. The monoisotopic (exact) mass is 202 g/mol. The summed E-state index contributed by atoms with van der Waals surface area (Å²) in [4.78, 5) is 0. The molecule has 3 nitrogen and oxygen atoms in total. The summed E-state index contributed by atoms with van der Waals surface area (Å²) in [7, 11) is 0. The summed E-state index contributed by atoms with van der Waals surface area (Å²) in [5.41, 5.74) is 0. The van der Waals surface area contributed by atoms with Gasteiger partial charge in [0, 0.05) is 6.42 Å². The van der Waals surface area contributed by atoms with Gasteiger partial charge in [-0.15, -0.1) is 21.8 Å². The van der Waals surface area contributed by atoms with Crippen molar-refractivity contribution in [2.45, 2.75) is 39.0 Å². The molecule has 4 heteroatoms. The maximum atomic E-state index is 5.79. The minimum absolute atomic E-state index is 0.196. The molecule has 13 heavy (non-hydrogen) atoms. The zero-order chi connectivity index (χ0) is 9.84. The van der Waals surface area contributed by atoms with Crippen molar-refractivity contribution in [3.8, 4) is 0 Å². The highest BCUT2D eigenvalue weighted by Gasteiger charge is 2.12. The molecule has 0 N–H and O–H groups in total. The van der Waals surface area contributed by atoms with Gasteiger partial charge in [-0.05, 0) is 12.8 Å². The van der Waals surface area contributed by atoms with E-state index in [2.05, 4.69) is 24.0 Å². The van der Waals surface area contributed by atoms with E-state index < -0.39 is 0 Å². The lowest BCUT2D eigenvalue weighted by molar-refractivity contribution is 0.412. The van der Waals surface area contributed by atoms with Crippen LogP contribution in [0.4, 0.5) is 0 Å². The lowest BCUT2D eigenvalue weighted by Gasteiger charge is -2.02. The molecule has 0 saturated carbocycles. The van der Waals surface area contributed by atoms with Crippen LogP contribution < -0.4 is 0 Å². The zero-order valence-electron chi connectivity index (χ0n) is 8.25. The summed E-state index contributed by atoms with van der Waals surface area (Å²) in [6.45, 7) is 6.13. The van der Waals surface area contributed by atoms with Crippen LogP contribution in [0.15, 0.2) is 4.42 Å². The average Bonchev–Trinajstić information content (AvgIpc) is 2.52. The molecule has 0 fully saturated rings. The molecule has 2 atom stereocenters. The third-order valence-corrected chi connectivity index (χ3v) is 2.23. The molecule has 1 heterocycles. The molecule has 0 bridgehead atoms. The molecular formula is C9H15ClN2O. The number of hydrogen-bond acceptors (Lipinski definition) is 3. The van der Waals surface area contributed by atoms with E-state index in [-0.39, 0.29) is 5.38 Å². The first kappa shape index (κ1) is 10.5. The summed E-state index contributed by atoms with van der Waals surface area (Å²) < 4.78 is 5.36. The normalized spacial score (nSPS) is 15.7. The lowest BCUT2D eigenvalue weighted by Crippen LogP contribution is -1.97. The van der Waals surface area contributed by atoms with Gasteiger partial charge in [-0.25, -0.2) is 0 Å². The number of nitrogens with zero attached hydrogens (tertiary/aromatic N) is 2. The van der Waals surface area contributed by atoms with Crippen molar-refractivity contribution in [3.63, 3.8) is 0 Å². The number of hydrogen-bond donors (Lipinski definition) is 0. The number of aromatic nitrogens is 2. The number of alkyl halides is 1. The first-order valence-electron chi connectivity index (χ1n) is 4.59. The molecule has 0 aromatic carbocycles. The Morgan fingerprint density at radius 1 is 1.38 bits per heavy atom. The SMILES string of the molecule is CCC(C)Cc1nnc(C(C)Cl)o1. The maximum absolute atomic E-state index is 5.79. The van der Waals surface area contributed by atoms with E-state index >= 15 is 0 Å². The van der Waals surface area contributed by atoms with E-state index in [1.165, 1.54) is 0 Å².